The van der Waals surface area contributed by atoms with Crippen molar-refractivity contribution in [2.24, 2.45) is 5.92 Å². The van der Waals surface area contributed by atoms with Gasteiger partial charge in [0, 0.05) is 30.8 Å². The van der Waals surface area contributed by atoms with Gasteiger partial charge in [0.05, 0.1) is 10.8 Å². The van der Waals surface area contributed by atoms with Crippen LogP contribution in [0.5, 0.6) is 5.75 Å². The highest BCUT2D eigenvalue weighted by atomic mass is 16.6. The second kappa shape index (κ2) is 6.95. The van der Waals surface area contributed by atoms with Crippen LogP contribution in [-0.2, 0) is 9.59 Å². The number of nitro benzene ring substituents is 1. The molecule has 26 heavy (non-hydrogen) atoms. The molecule has 0 aromatic heterocycles. The van der Waals surface area contributed by atoms with Crippen molar-refractivity contribution in [1.29, 1.82) is 0 Å². The number of hydrogen-bond acceptors (Lipinski definition) is 5. The molecular weight excluding hydrogens is 336 g/mol. The Morgan fingerprint density at radius 1 is 1.15 bits per heavy atom. The van der Waals surface area contributed by atoms with E-state index in [1.807, 2.05) is 19.9 Å². The van der Waals surface area contributed by atoms with E-state index in [-0.39, 0.29) is 24.6 Å². The zero-order valence-corrected chi connectivity index (χ0v) is 14.5. The van der Waals surface area contributed by atoms with Gasteiger partial charge in [-0.1, -0.05) is 6.07 Å². The van der Waals surface area contributed by atoms with Crippen molar-refractivity contribution in [1.82, 2.24) is 0 Å². The zero-order chi connectivity index (χ0) is 18.8. The van der Waals surface area contributed by atoms with Crippen LogP contribution >= 0.6 is 0 Å². The quantitative estimate of drug-likeness (QED) is 0.364. The minimum atomic E-state index is -0.571. The van der Waals surface area contributed by atoms with Gasteiger partial charge in [0.2, 0.25) is 5.91 Å². The van der Waals surface area contributed by atoms with Crippen LogP contribution in [0.4, 0.5) is 11.4 Å². The molecule has 0 radical (unpaired) electrons. The number of non-ortho nitro benzene ring substituents is 1. The van der Waals surface area contributed by atoms with Crippen LogP contribution in [0.15, 0.2) is 42.5 Å². The number of nitro groups is 1. The van der Waals surface area contributed by atoms with Crippen molar-refractivity contribution in [3.63, 3.8) is 0 Å². The number of anilines is 1. The molecule has 0 saturated carbocycles. The van der Waals surface area contributed by atoms with Crippen LogP contribution in [-0.4, -0.2) is 23.3 Å². The molecule has 0 unspecified atom stereocenters. The Labute approximate surface area is 150 Å². The van der Waals surface area contributed by atoms with Gasteiger partial charge in [-0.3, -0.25) is 19.7 Å². The molecule has 1 atom stereocenters. The Kier molecular flexibility index (Phi) is 4.71. The number of benzene rings is 2. The Morgan fingerprint density at radius 3 is 2.35 bits per heavy atom. The summed E-state index contributed by atoms with van der Waals surface area (Å²) in [6.07, 6.45) is 0.0562. The van der Waals surface area contributed by atoms with Crippen molar-refractivity contribution in [3.05, 3.63) is 63.7 Å². The van der Waals surface area contributed by atoms with Gasteiger partial charge in [-0.05, 0) is 49.2 Å². The fraction of sp³-hybridized carbons (Fsp3) is 0.263. The van der Waals surface area contributed by atoms with E-state index in [2.05, 4.69) is 0 Å². The molecule has 1 saturated heterocycles. The van der Waals surface area contributed by atoms with E-state index >= 15 is 0 Å². The van der Waals surface area contributed by atoms with Crippen LogP contribution in [0.2, 0.25) is 0 Å². The molecule has 7 heteroatoms. The molecule has 7 nitrogen and oxygen atoms in total. The summed E-state index contributed by atoms with van der Waals surface area (Å²) in [7, 11) is 0. The number of rotatable bonds is 4. The van der Waals surface area contributed by atoms with E-state index in [9.17, 15) is 19.7 Å². The summed E-state index contributed by atoms with van der Waals surface area (Å²) in [4.78, 5) is 36.3. The lowest BCUT2D eigenvalue weighted by Gasteiger charge is -2.16. The Bertz CT molecular complexity index is 856. The molecular formula is C19H18N2O5. The van der Waals surface area contributed by atoms with Gasteiger partial charge in [0.15, 0.2) is 0 Å². The minimum Gasteiger partial charge on any atom is -0.426 e. The Balaban J connectivity index is 1.70. The van der Waals surface area contributed by atoms with Crippen molar-refractivity contribution in [3.8, 4) is 5.75 Å². The third-order valence-electron chi connectivity index (χ3n) is 4.24. The lowest BCUT2D eigenvalue weighted by molar-refractivity contribution is -0.384. The molecule has 1 amide bonds. The molecule has 2 aromatic rings. The topological polar surface area (TPSA) is 89.8 Å². The molecule has 1 fully saturated rings. The van der Waals surface area contributed by atoms with E-state index in [1.165, 1.54) is 29.2 Å². The van der Waals surface area contributed by atoms with Crippen LogP contribution < -0.4 is 9.64 Å². The molecule has 1 aliphatic heterocycles. The largest absolute Gasteiger partial charge is 0.426 e. The first-order valence-electron chi connectivity index (χ1n) is 8.18. The number of carbonyl (C=O) groups is 2. The molecule has 0 N–H and O–H groups in total. The Hall–Kier alpha value is -3.22. The summed E-state index contributed by atoms with van der Waals surface area (Å²) in [5, 5.41) is 10.7. The molecule has 3 rings (SSSR count). The summed E-state index contributed by atoms with van der Waals surface area (Å²) in [5.74, 6) is -0.763. The fourth-order valence-corrected chi connectivity index (χ4v) is 3.06. The predicted molar refractivity (Wildman–Crippen MR) is 95.1 cm³/mol. The van der Waals surface area contributed by atoms with Gasteiger partial charge in [-0.2, -0.15) is 0 Å². The summed E-state index contributed by atoms with van der Waals surface area (Å²) in [6.45, 7) is 4.03. The number of ether oxygens (including phenoxy) is 1. The van der Waals surface area contributed by atoms with Crippen molar-refractivity contribution in [2.75, 3.05) is 11.4 Å². The normalized spacial score (nSPS) is 16.6. The highest BCUT2D eigenvalue weighted by molar-refractivity contribution is 5.99. The smallest absolute Gasteiger partial charge is 0.316 e. The van der Waals surface area contributed by atoms with Crippen molar-refractivity contribution < 1.29 is 19.2 Å². The number of carbonyl (C=O) groups excluding carboxylic acids is 2. The van der Waals surface area contributed by atoms with Gasteiger partial charge >= 0.3 is 5.97 Å². The summed E-state index contributed by atoms with van der Waals surface area (Å²) in [6, 6.07) is 11.2. The van der Waals surface area contributed by atoms with Crippen LogP contribution in [0.1, 0.15) is 17.5 Å². The number of hydrogen-bond donors (Lipinski definition) is 0. The molecule has 1 heterocycles. The minimum absolute atomic E-state index is 0.0498. The highest BCUT2D eigenvalue weighted by Crippen LogP contribution is 2.28. The van der Waals surface area contributed by atoms with Gasteiger partial charge in [-0.25, -0.2) is 0 Å². The number of amides is 1. The molecule has 0 aliphatic carbocycles. The van der Waals surface area contributed by atoms with Crippen molar-refractivity contribution >= 4 is 23.3 Å². The molecule has 134 valence electrons. The highest BCUT2D eigenvalue weighted by Gasteiger charge is 2.36. The van der Waals surface area contributed by atoms with Crippen LogP contribution in [0.25, 0.3) is 0 Å². The predicted octanol–water partition coefficient (Wildman–Crippen LogP) is 3.17. The molecule has 2 aromatic carbocycles. The average molecular weight is 354 g/mol. The number of nitrogens with zero attached hydrogens (tertiary/aromatic N) is 2. The van der Waals surface area contributed by atoms with E-state index in [4.69, 9.17) is 4.74 Å². The second-order valence-electron chi connectivity index (χ2n) is 6.42. The van der Waals surface area contributed by atoms with E-state index < -0.39 is 16.8 Å². The number of esters is 1. The van der Waals surface area contributed by atoms with Crippen LogP contribution in [0.3, 0.4) is 0 Å². The summed E-state index contributed by atoms with van der Waals surface area (Å²) >= 11 is 0. The molecule has 0 bridgehead atoms. The van der Waals surface area contributed by atoms with Crippen molar-refractivity contribution in [2.45, 2.75) is 20.3 Å². The molecule has 1 aliphatic rings. The average Bonchev–Trinajstić information content (AvgIpc) is 2.96. The van der Waals surface area contributed by atoms with Crippen LogP contribution in [0, 0.1) is 29.9 Å². The summed E-state index contributed by atoms with van der Waals surface area (Å²) < 4.78 is 5.44. The first-order chi connectivity index (χ1) is 12.3. The third-order valence-corrected chi connectivity index (χ3v) is 4.24. The standard InChI is InChI=1S/C19H18N2O5/c1-12-7-13(2)9-17(8-12)26-19(23)14-10-18(22)20(11-14)15-3-5-16(6-4-15)21(24)25/h3-9,14H,10-11H2,1-2H3/t14-/m0/s1. The first kappa shape index (κ1) is 17.6. The number of aryl methyl sites for hydroxylation is 2. The lowest BCUT2D eigenvalue weighted by Crippen LogP contribution is -2.27. The van der Waals surface area contributed by atoms with Gasteiger partial charge in [-0.15, -0.1) is 0 Å². The maximum Gasteiger partial charge on any atom is 0.316 e. The maximum atomic E-state index is 12.4. The first-order valence-corrected chi connectivity index (χ1v) is 8.18. The maximum absolute atomic E-state index is 12.4. The zero-order valence-electron chi connectivity index (χ0n) is 14.5. The second-order valence-corrected chi connectivity index (χ2v) is 6.42. The van der Waals surface area contributed by atoms with Gasteiger partial charge in [0.1, 0.15) is 5.75 Å². The lowest BCUT2D eigenvalue weighted by atomic mass is 10.1. The molecule has 0 spiro atoms. The monoisotopic (exact) mass is 354 g/mol. The SMILES string of the molecule is Cc1cc(C)cc(OC(=O)[C@H]2CC(=O)N(c3ccc([N+](=O)[O-])cc3)C2)c1. The van der Waals surface area contributed by atoms with E-state index in [0.29, 0.717) is 11.4 Å². The fourth-order valence-electron chi connectivity index (χ4n) is 3.06. The van der Waals surface area contributed by atoms with E-state index in [0.717, 1.165) is 11.1 Å². The van der Waals surface area contributed by atoms with Gasteiger partial charge in [0.25, 0.3) is 5.69 Å². The third kappa shape index (κ3) is 3.72. The summed E-state index contributed by atoms with van der Waals surface area (Å²) in [5.41, 5.74) is 2.46. The van der Waals surface area contributed by atoms with Gasteiger partial charge < -0.3 is 9.64 Å². The Morgan fingerprint density at radius 2 is 1.77 bits per heavy atom. The van der Waals surface area contributed by atoms with E-state index in [1.54, 1.807) is 12.1 Å².